The van der Waals surface area contributed by atoms with Crippen LogP contribution in [0.4, 0.5) is 0 Å². The first-order valence-corrected chi connectivity index (χ1v) is 8.40. The van der Waals surface area contributed by atoms with E-state index in [1.807, 2.05) is 30.3 Å². The van der Waals surface area contributed by atoms with Crippen molar-refractivity contribution in [1.29, 1.82) is 0 Å². The Labute approximate surface area is 127 Å². The molecule has 3 rings (SSSR count). The van der Waals surface area contributed by atoms with Crippen LogP contribution < -0.4 is 0 Å². The first kappa shape index (κ1) is 14.5. The Morgan fingerprint density at radius 3 is 2.73 bits per heavy atom. The molecule has 0 amide bonds. The van der Waals surface area contributed by atoms with Gasteiger partial charge in [-0.2, -0.15) is 4.98 Å². The summed E-state index contributed by atoms with van der Waals surface area (Å²) in [5, 5.41) is 3.89. The van der Waals surface area contributed by atoms with Crippen molar-refractivity contribution in [2.45, 2.75) is 18.0 Å². The number of imidazole rings is 1. The van der Waals surface area contributed by atoms with E-state index < -0.39 is 9.84 Å². The van der Waals surface area contributed by atoms with Gasteiger partial charge in [0.15, 0.2) is 0 Å². The molecule has 1 N–H and O–H groups in total. The van der Waals surface area contributed by atoms with E-state index in [4.69, 9.17) is 4.52 Å². The molecule has 0 aliphatic rings. The Kier molecular flexibility index (Phi) is 4.01. The van der Waals surface area contributed by atoms with Gasteiger partial charge in [0.25, 0.3) is 0 Å². The SMILES string of the molecule is O=S(=O)(CCCc1nc(-c2ccccc2)no1)c1ncc[nH]1. The van der Waals surface area contributed by atoms with Gasteiger partial charge < -0.3 is 9.51 Å². The minimum atomic E-state index is -3.39. The van der Waals surface area contributed by atoms with Crippen LogP contribution in [0.3, 0.4) is 0 Å². The number of rotatable bonds is 6. The molecule has 22 heavy (non-hydrogen) atoms. The molecule has 8 heteroatoms. The normalized spacial score (nSPS) is 11.6. The lowest BCUT2D eigenvalue weighted by atomic mass is 10.2. The van der Waals surface area contributed by atoms with Crippen LogP contribution in [0.25, 0.3) is 11.4 Å². The van der Waals surface area contributed by atoms with Crippen LogP contribution in [0.15, 0.2) is 52.4 Å². The van der Waals surface area contributed by atoms with Crippen LogP contribution in [-0.4, -0.2) is 34.3 Å². The molecule has 3 aromatic rings. The summed E-state index contributed by atoms with van der Waals surface area (Å²) in [6.07, 6.45) is 3.69. The van der Waals surface area contributed by atoms with E-state index in [2.05, 4.69) is 20.1 Å². The summed E-state index contributed by atoms with van der Waals surface area (Å²) in [6.45, 7) is 0. The fourth-order valence-electron chi connectivity index (χ4n) is 1.99. The molecule has 0 radical (unpaired) electrons. The maximum Gasteiger partial charge on any atom is 0.226 e. The van der Waals surface area contributed by atoms with Crippen molar-refractivity contribution < 1.29 is 12.9 Å². The van der Waals surface area contributed by atoms with Gasteiger partial charge >= 0.3 is 0 Å². The van der Waals surface area contributed by atoms with Gasteiger partial charge in [-0.05, 0) is 6.42 Å². The highest BCUT2D eigenvalue weighted by molar-refractivity contribution is 7.91. The van der Waals surface area contributed by atoms with Gasteiger partial charge in [-0.25, -0.2) is 13.4 Å². The molecular formula is C14H14N4O3S. The van der Waals surface area contributed by atoms with Gasteiger partial charge in [0.2, 0.25) is 26.7 Å². The van der Waals surface area contributed by atoms with E-state index in [9.17, 15) is 8.42 Å². The van der Waals surface area contributed by atoms with Gasteiger partial charge in [-0.3, -0.25) is 0 Å². The standard InChI is InChI=1S/C14H14N4O3S/c19-22(20,14-15-8-9-16-14)10-4-7-12-17-13(18-21-12)11-5-2-1-3-6-11/h1-3,5-6,8-9H,4,7,10H2,(H,15,16). The largest absolute Gasteiger partial charge is 0.339 e. The number of aryl methyl sites for hydroxylation is 1. The molecule has 0 atom stereocenters. The topological polar surface area (TPSA) is 102 Å². The predicted molar refractivity (Wildman–Crippen MR) is 78.7 cm³/mol. The molecule has 0 bridgehead atoms. The average Bonchev–Trinajstić information content (AvgIpc) is 3.20. The highest BCUT2D eigenvalue weighted by Crippen LogP contribution is 2.16. The fourth-order valence-corrected chi connectivity index (χ4v) is 3.18. The van der Waals surface area contributed by atoms with Gasteiger partial charge in [0, 0.05) is 24.4 Å². The van der Waals surface area contributed by atoms with E-state index in [1.165, 1.54) is 12.4 Å². The molecule has 0 aliphatic heterocycles. The lowest BCUT2D eigenvalue weighted by molar-refractivity contribution is 0.378. The predicted octanol–water partition coefficient (Wildman–Crippen LogP) is 1.87. The number of nitrogens with zero attached hydrogens (tertiary/aromatic N) is 3. The third-order valence-electron chi connectivity index (χ3n) is 3.07. The van der Waals surface area contributed by atoms with E-state index in [-0.39, 0.29) is 10.9 Å². The van der Waals surface area contributed by atoms with Crippen molar-refractivity contribution in [1.82, 2.24) is 20.1 Å². The summed E-state index contributed by atoms with van der Waals surface area (Å²) in [7, 11) is -3.39. The molecule has 114 valence electrons. The summed E-state index contributed by atoms with van der Waals surface area (Å²) < 4.78 is 29.0. The summed E-state index contributed by atoms with van der Waals surface area (Å²) in [5.74, 6) is 0.904. The zero-order chi connectivity index (χ0) is 15.4. The maximum atomic E-state index is 11.9. The number of nitrogens with one attached hydrogen (secondary N) is 1. The Balaban J connectivity index is 1.60. The van der Waals surface area contributed by atoms with Crippen molar-refractivity contribution in [3.63, 3.8) is 0 Å². The van der Waals surface area contributed by atoms with Crippen LogP contribution in [-0.2, 0) is 16.3 Å². The van der Waals surface area contributed by atoms with E-state index in [0.29, 0.717) is 24.6 Å². The number of aromatic nitrogens is 4. The number of sulfone groups is 1. The zero-order valence-electron chi connectivity index (χ0n) is 11.6. The number of hydrogen-bond acceptors (Lipinski definition) is 6. The molecule has 0 fully saturated rings. The molecule has 7 nitrogen and oxygen atoms in total. The average molecular weight is 318 g/mol. The molecule has 0 saturated carbocycles. The van der Waals surface area contributed by atoms with Crippen LogP contribution in [0, 0.1) is 0 Å². The maximum absolute atomic E-state index is 11.9. The monoisotopic (exact) mass is 318 g/mol. The highest BCUT2D eigenvalue weighted by atomic mass is 32.2. The van der Waals surface area contributed by atoms with Crippen LogP contribution in [0.5, 0.6) is 0 Å². The molecule has 0 aliphatic carbocycles. The second-order valence-electron chi connectivity index (χ2n) is 4.69. The Bertz CT molecular complexity index is 826. The van der Waals surface area contributed by atoms with Gasteiger partial charge in [-0.1, -0.05) is 35.5 Å². The first-order valence-electron chi connectivity index (χ1n) is 6.75. The van der Waals surface area contributed by atoms with Crippen molar-refractivity contribution in [2.24, 2.45) is 0 Å². The van der Waals surface area contributed by atoms with Crippen molar-refractivity contribution in [2.75, 3.05) is 5.75 Å². The van der Waals surface area contributed by atoms with Crippen molar-refractivity contribution >= 4 is 9.84 Å². The quantitative estimate of drug-likeness (QED) is 0.744. The molecule has 0 saturated heterocycles. The number of H-pyrrole nitrogens is 1. The van der Waals surface area contributed by atoms with E-state index >= 15 is 0 Å². The molecular weight excluding hydrogens is 304 g/mol. The van der Waals surface area contributed by atoms with E-state index in [1.54, 1.807) is 0 Å². The Hall–Kier alpha value is -2.48. The third kappa shape index (κ3) is 3.22. The van der Waals surface area contributed by atoms with Crippen LogP contribution in [0.2, 0.25) is 0 Å². The van der Waals surface area contributed by atoms with Gasteiger partial charge in [0.1, 0.15) is 0 Å². The second kappa shape index (κ2) is 6.10. The Morgan fingerprint density at radius 1 is 1.18 bits per heavy atom. The third-order valence-corrected chi connectivity index (χ3v) is 4.71. The number of aromatic amines is 1. The fraction of sp³-hybridized carbons (Fsp3) is 0.214. The Morgan fingerprint density at radius 2 is 2.00 bits per heavy atom. The van der Waals surface area contributed by atoms with Crippen molar-refractivity contribution in [3.05, 3.63) is 48.6 Å². The minimum absolute atomic E-state index is 0.0111. The molecule has 0 spiro atoms. The lowest BCUT2D eigenvalue weighted by Gasteiger charge is -1.98. The highest BCUT2D eigenvalue weighted by Gasteiger charge is 2.17. The number of hydrogen-bond donors (Lipinski definition) is 1. The first-order chi connectivity index (χ1) is 10.6. The minimum Gasteiger partial charge on any atom is -0.339 e. The van der Waals surface area contributed by atoms with Crippen LogP contribution in [0.1, 0.15) is 12.3 Å². The zero-order valence-corrected chi connectivity index (χ0v) is 12.5. The summed E-state index contributed by atoms with van der Waals surface area (Å²) in [6, 6.07) is 9.46. The second-order valence-corrected chi connectivity index (χ2v) is 6.72. The lowest BCUT2D eigenvalue weighted by Crippen LogP contribution is -2.09. The van der Waals surface area contributed by atoms with Crippen LogP contribution >= 0.6 is 0 Å². The summed E-state index contributed by atoms with van der Waals surface area (Å²) >= 11 is 0. The van der Waals surface area contributed by atoms with E-state index in [0.717, 1.165) is 5.56 Å². The smallest absolute Gasteiger partial charge is 0.226 e. The van der Waals surface area contributed by atoms with Crippen molar-refractivity contribution in [3.8, 4) is 11.4 Å². The van der Waals surface area contributed by atoms with Gasteiger partial charge in [-0.15, -0.1) is 0 Å². The molecule has 1 aromatic carbocycles. The summed E-state index contributed by atoms with van der Waals surface area (Å²) in [4.78, 5) is 10.6. The van der Waals surface area contributed by atoms with Gasteiger partial charge in [0.05, 0.1) is 5.75 Å². The molecule has 0 unspecified atom stereocenters. The summed E-state index contributed by atoms with van der Waals surface area (Å²) in [5.41, 5.74) is 0.862. The number of benzene rings is 1. The molecule has 2 aromatic heterocycles. The molecule has 2 heterocycles.